The summed E-state index contributed by atoms with van der Waals surface area (Å²) in [5.74, 6) is 0. The normalized spacial score (nSPS) is 118. The molecule has 0 radical (unpaired) electrons. The Bertz CT molecular complexity index is 1030. The van der Waals surface area contributed by atoms with Crippen molar-refractivity contribution < 1.29 is 10.9 Å². The molecule has 10 aliphatic heterocycles. The van der Waals surface area contributed by atoms with E-state index < -0.39 is 14.8 Å². The van der Waals surface area contributed by atoms with E-state index in [0.29, 0.717) is 0 Å². The van der Waals surface area contributed by atoms with E-state index in [-0.39, 0.29) is 0 Å². The van der Waals surface area contributed by atoms with Crippen LogP contribution in [0.25, 0.3) is 0 Å². The summed E-state index contributed by atoms with van der Waals surface area (Å²) in [5, 5.41) is 0. The van der Waals surface area contributed by atoms with Crippen LogP contribution in [0, 0.1) is 0 Å². The van der Waals surface area contributed by atoms with Gasteiger partial charge in [-0.25, -0.2) is 0 Å². The molecule has 0 aromatic heterocycles. The van der Waals surface area contributed by atoms with Gasteiger partial charge in [0.2, 0.25) is 0 Å². The molecule has 100 valence electrons. The van der Waals surface area contributed by atoms with E-state index in [9.17, 15) is 0 Å². The first-order valence-corrected chi connectivity index (χ1v) is 17.6. The third-order valence-electron chi connectivity index (χ3n) is 16.6. The van der Waals surface area contributed by atoms with E-state index in [4.69, 9.17) is 4.43 Å². The van der Waals surface area contributed by atoms with Gasteiger partial charge in [-0.05, 0) is 0 Å². The first-order chi connectivity index (χ1) is 8.14. The molecule has 1 nitrogen and oxygen atoms in total. The van der Waals surface area contributed by atoms with Crippen LogP contribution >= 0.6 is 0 Å². The Morgan fingerprint density at radius 2 is 1.44 bits per heavy atom. The molecular formula is C15H22FeOSi. The van der Waals surface area contributed by atoms with Crippen LogP contribution in [0.5, 0.6) is 0 Å². The molecule has 0 aromatic carbocycles. The van der Waals surface area contributed by atoms with Crippen LogP contribution in [0.3, 0.4) is 0 Å². The first-order valence-electron chi connectivity index (χ1n) is 7.99. The minimum absolute atomic E-state index is 0.976. The molecule has 0 bridgehead atoms. The van der Waals surface area contributed by atoms with Crippen molar-refractivity contribution in [3.8, 4) is 0 Å². The fraction of sp³-hybridized carbons (Fsp3) is 1.00. The van der Waals surface area contributed by atoms with Gasteiger partial charge in [0.25, 0.3) is 0 Å². The standard InChI is InChI=1S/C9H15OSi.C6H7.Fe/c1-11(2,3)10-8-9-6-4-5-7-9;1-6-4-2-3-5-6;/h4-7H,8H2,1-3H3;2-5H,1H3;. The molecule has 10 fully saturated rings. The molecule has 0 saturated carbocycles. The summed E-state index contributed by atoms with van der Waals surface area (Å²) >= 11 is 0. The minimum atomic E-state index is -2.92. The van der Waals surface area contributed by atoms with Crippen LogP contribution < -0.4 is 0 Å². The Morgan fingerprint density at radius 1 is 0.944 bits per heavy atom. The summed E-state index contributed by atoms with van der Waals surface area (Å²) in [6.07, 6.45) is 0. The van der Waals surface area contributed by atoms with Gasteiger partial charge in [0.15, 0.2) is 0 Å². The SMILES string of the molecule is C[C]12[CH]3[CH]4[CH]5[CH]1[Fe]45321678[CH]2[CH]1[CH]6[C]7(CO[Si](C)(C)C)[CH]28. The van der Waals surface area contributed by atoms with Gasteiger partial charge >= 0.3 is 99.6 Å². The molecule has 0 aromatic rings. The molecule has 8 unspecified atom stereocenters. The average molecular weight is 302 g/mol. The molecule has 8 atom stereocenters. The van der Waals surface area contributed by atoms with Gasteiger partial charge in [0.1, 0.15) is 0 Å². The van der Waals surface area contributed by atoms with Gasteiger partial charge in [-0.2, -0.15) is 0 Å². The zero-order chi connectivity index (χ0) is 11.8. The van der Waals surface area contributed by atoms with Crippen molar-refractivity contribution in [1.29, 1.82) is 0 Å². The molecular weight excluding hydrogens is 280 g/mol. The van der Waals surface area contributed by atoms with Crippen molar-refractivity contribution in [3.63, 3.8) is 0 Å². The first kappa shape index (κ1) is 7.63. The molecule has 10 rings (SSSR count). The van der Waals surface area contributed by atoms with Crippen LogP contribution in [0.4, 0.5) is 0 Å². The molecule has 0 aliphatic carbocycles. The van der Waals surface area contributed by atoms with Crippen molar-refractivity contribution in [3.05, 3.63) is 0 Å². The summed E-state index contributed by atoms with van der Waals surface area (Å²) < 4.78 is 8.62. The van der Waals surface area contributed by atoms with E-state index in [1.807, 2.05) is 0 Å². The molecule has 0 amide bonds. The van der Waals surface area contributed by atoms with Crippen molar-refractivity contribution in [1.82, 2.24) is 0 Å². The summed E-state index contributed by atoms with van der Waals surface area (Å²) in [4.78, 5) is 11.4. The number of fused-ring (bicyclic) bond motifs is 10. The van der Waals surface area contributed by atoms with Crippen LogP contribution in [0.15, 0.2) is 0 Å². The summed E-state index contributed by atoms with van der Waals surface area (Å²) in [7, 11) is -1.29. The van der Waals surface area contributed by atoms with Gasteiger partial charge in [-0.1, -0.05) is 0 Å². The third kappa shape index (κ3) is 0.0753. The van der Waals surface area contributed by atoms with Crippen LogP contribution in [0.2, 0.25) is 66.8 Å². The molecule has 3 heteroatoms. The Hall–Kier alpha value is 0.696. The van der Waals surface area contributed by atoms with Gasteiger partial charge in [-0.3, -0.25) is 0 Å². The molecule has 18 heavy (non-hydrogen) atoms. The predicted molar refractivity (Wildman–Crippen MR) is 70.4 cm³/mol. The fourth-order valence-corrected chi connectivity index (χ4v) is 97.3. The fourth-order valence-electron chi connectivity index (χ4n) is 18.8. The Morgan fingerprint density at radius 3 is 1.67 bits per heavy atom. The zero-order valence-corrected chi connectivity index (χ0v) is 13.7. The molecule has 10 saturated heterocycles. The monoisotopic (exact) mass is 302 g/mol. The Balaban J connectivity index is 1.43. The number of rotatable bonds is 3. The second-order valence-corrected chi connectivity index (χ2v) is 40.8. The molecule has 1 spiro atoms. The van der Waals surface area contributed by atoms with Gasteiger partial charge in [0.05, 0.1) is 0 Å². The number of hydrogen-bond acceptors (Lipinski definition) is 1. The summed E-state index contributed by atoms with van der Waals surface area (Å²) in [6.45, 7) is 8.40. The van der Waals surface area contributed by atoms with Crippen LogP contribution in [-0.2, 0) is 10.9 Å². The summed E-state index contributed by atoms with van der Waals surface area (Å²) in [5.41, 5.74) is 0. The van der Waals surface area contributed by atoms with Gasteiger partial charge in [-0.15, -0.1) is 0 Å². The Kier molecular flexibility index (Phi) is 0.260. The maximum absolute atomic E-state index is 6.57. The van der Waals surface area contributed by atoms with E-state index in [0.717, 1.165) is 8.63 Å². The topological polar surface area (TPSA) is 9.23 Å². The molecule has 10 heterocycles. The van der Waals surface area contributed by atoms with Gasteiger partial charge in [0, 0.05) is 0 Å². The van der Waals surface area contributed by atoms with Crippen molar-refractivity contribution in [2.75, 3.05) is 6.61 Å². The van der Waals surface area contributed by atoms with E-state index in [2.05, 4.69) is 26.6 Å². The van der Waals surface area contributed by atoms with Gasteiger partial charge < -0.3 is 0 Å². The molecule has 10 aliphatic rings. The third-order valence-corrected chi connectivity index (χ3v) is 62.3. The van der Waals surface area contributed by atoms with Crippen molar-refractivity contribution in [2.45, 2.75) is 73.7 Å². The number of hydrogen-bond donors (Lipinski definition) is 0. The van der Waals surface area contributed by atoms with E-state index in [1.165, 1.54) is 45.1 Å². The molecule has 0 N–H and O–H groups in total. The van der Waals surface area contributed by atoms with E-state index in [1.54, 1.807) is 0 Å². The Labute approximate surface area is 99.5 Å². The quantitative estimate of drug-likeness (QED) is 0.668. The van der Waals surface area contributed by atoms with Crippen LogP contribution in [-0.4, -0.2) is 14.9 Å². The van der Waals surface area contributed by atoms with Crippen LogP contribution in [0.1, 0.15) is 6.92 Å². The summed E-state index contributed by atoms with van der Waals surface area (Å²) in [6, 6.07) is 0. The predicted octanol–water partition coefficient (Wildman–Crippen LogP) is 4.99. The zero-order valence-electron chi connectivity index (χ0n) is 11.6. The van der Waals surface area contributed by atoms with Crippen molar-refractivity contribution >= 4 is 8.32 Å². The van der Waals surface area contributed by atoms with E-state index >= 15 is 0 Å². The second-order valence-electron chi connectivity index (χ2n) is 12.7. The van der Waals surface area contributed by atoms with Crippen molar-refractivity contribution in [2.24, 2.45) is 0 Å². The average Bonchev–Trinajstić information content (AvgIpc) is 3.19. The second kappa shape index (κ2) is 0.613. The maximum atomic E-state index is 6.57.